The van der Waals surface area contributed by atoms with Gasteiger partial charge < -0.3 is 4.74 Å². The maximum Gasteiger partial charge on any atom is 0.185 e. The molecule has 4 rings (SSSR count). The van der Waals surface area contributed by atoms with Crippen molar-refractivity contribution in [3.63, 3.8) is 0 Å². The molecule has 0 spiro atoms. The van der Waals surface area contributed by atoms with Crippen LogP contribution in [0.4, 0.5) is 0 Å². The molecule has 0 amide bonds. The molecule has 3 aromatic rings. The van der Waals surface area contributed by atoms with Gasteiger partial charge in [-0.05, 0) is 47.2 Å². The topological polar surface area (TPSA) is 26.3 Å². The Bertz CT molecular complexity index is 1100. The van der Waals surface area contributed by atoms with Gasteiger partial charge in [0.1, 0.15) is 5.75 Å². The van der Waals surface area contributed by atoms with Gasteiger partial charge in [0, 0.05) is 21.2 Å². The maximum absolute atomic E-state index is 12.7. The number of ether oxygens (including phenoxy) is 1. The van der Waals surface area contributed by atoms with Crippen LogP contribution in [0, 0.1) is 0 Å². The normalized spacial score (nSPS) is 18.2. The van der Waals surface area contributed by atoms with Crippen LogP contribution in [0.3, 0.4) is 0 Å². The third-order valence-electron chi connectivity index (χ3n) is 5.32. The second-order valence-corrected chi connectivity index (χ2v) is 9.11. The lowest BCUT2D eigenvalue weighted by Gasteiger charge is -2.30. The summed E-state index contributed by atoms with van der Waals surface area (Å²) in [6, 6.07) is 21.9. The van der Waals surface area contributed by atoms with Crippen LogP contribution in [0.1, 0.15) is 27.2 Å². The molecule has 1 atom stereocenters. The number of halogens is 1. The molecular formula is C27H23BrO2S. The molecule has 0 fully saturated rings. The zero-order chi connectivity index (χ0) is 21.5. The molecule has 4 heteroatoms. The summed E-state index contributed by atoms with van der Waals surface area (Å²) in [6.45, 7) is 0.645. The van der Waals surface area contributed by atoms with E-state index in [0.29, 0.717) is 12.2 Å². The van der Waals surface area contributed by atoms with E-state index < -0.39 is 0 Å². The summed E-state index contributed by atoms with van der Waals surface area (Å²) in [6.07, 6.45) is 11.0. The van der Waals surface area contributed by atoms with Crippen LogP contribution in [0.2, 0.25) is 0 Å². The fraction of sp³-hybridized carbons (Fsp3) is 0.148. The summed E-state index contributed by atoms with van der Waals surface area (Å²) in [5.74, 6) is 0.891. The van der Waals surface area contributed by atoms with Crippen LogP contribution < -0.4 is 4.74 Å². The lowest BCUT2D eigenvalue weighted by molar-refractivity contribution is 0.104. The number of hydrogen-bond acceptors (Lipinski definition) is 3. The molecule has 0 N–H and O–H groups in total. The van der Waals surface area contributed by atoms with Gasteiger partial charge in [-0.3, -0.25) is 4.79 Å². The Labute approximate surface area is 195 Å². The van der Waals surface area contributed by atoms with E-state index in [1.807, 2.05) is 42.5 Å². The molecule has 0 radical (unpaired) electrons. The number of allylic oxidation sites excluding steroid dienone is 6. The minimum absolute atomic E-state index is 0.0225. The highest BCUT2D eigenvalue weighted by atomic mass is 79.9. The first-order valence-corrected chi connectivity index (χ1v) is 12.2. The molecule has 1 unspecified atom stereocenters. The predicted molar refractivity (Wildman–Crippen MR) is 133 cm³/mol. The van der Waals surface area contributed by atoms with E-state index in [-0.39, 0.29) is 11.2 Å². The summed E-state index contributed by atoms with van der Waals surface area (Å²) in [4.78, 5) is 14.0. The van der Waals surface area contributed by atoms with E-state index in [4.69, 9.17) is 4.74 Å². The first kappa shape index (κ1) is 21.5. The minimum atomic E-state index is -0.339. The number of hydrogen-bond donors (Lipinski definition) is 0. The maximum atomic E-state index is 12.7. The molecule has 31 heavy (non-hydrogen) atoms. The van der Waals surface area contributed by atoms with E-state index >= 15 is 0 Å². The molecule has 0 saturated heterocycles. The lowest BCUT2D eigenvalue weighted by atomic mass is 9.75. The highest BCUT2D eigenvalue weighted by Crippen LogP contribution is 2.42. The van der Waals surface area contributed by atoms with Crippen molar-refractivity contribution < 1.29 is 9.53 Å². The number of benzene rings is 2. The standard InChI is InChI=1S/C27H23BrO2S/c28-17-18-30-24-12-10-21(11-13-24)23-8-4-15-27(20-23,26-9-5-19-31-26)16-14-25(29)22-6-2-1-3-7-22/h1-16,19H,17-18,20H2/b16-14+. The Kier molecular flexibility index (Phi) is 7.00. The molecular weight excluding hydrogens is 468 g/mol. The third-order valence-corrected chi connectivity index (χ3v) is 6.70. The van der Waals surface area contributed by atoms with E-state index in [0.717, 1.165) is 17.5 Å². The van der Waals surface area contributed by atoms with Crippen LogP contribution in [0.25, 0.3) is 5.57 Å². The molecule has 1 aromatic heterocycles. The highest BCUT2D eigenvalue weighted by Gasteiger charge is 2.31. The Balaban J connectivity index is 1.60. The highest BCUT2D eigenvalue weighted by molar-refractivity contribution is 9.09. The SMILES string of the molecule is O=C(/C=C/C1(c2cccs2)C=CC=C(c2ccc(OCCBr)cc2)C1)c1ccccc1. The Morgan fingerprint density at radius 1 is 1.06 bits per heavy atom. The molecule has 2 nitrogen and oxygen atoms in total. The second-order valence-electron chi connectivity index (χ2n) is 7.37. The number of carbonyl (C=O) groups is 1. The van der Waals surface area contributed by atoms with Crippen molar-refractivity contribution in [3.05, 3.63) is 118 Å². The summed E-state index contributed by atoms with van der Waals surface area (Å²) in [5, 5.41) is 2.90. The molecule has 156 valence electrons. The molecule has 1 aliphatic carbocycles. The molecule has 2 aromatic carbocycles. The largest absolute Gasteiger partial charge is 0.493 e. The van der Waals surface area contributed by atoms with Crippen molar-refractivity contribution >= 4 is 38.6 Å². The van der Waals surface area contributed by atoms with Crippen molar-refractivity contribution in [2.24, 2.45) is 0 Å². The third kappa shape index (κ3) is 5.15. The van der Waals surface area contributed by atoms with E-state index in [2.05, 4.69) is 69.9 Å². The monoisotopic (exact) mass is 490 g/mol. The quantitative estimate of drug-likeness (QED) is 0.189. The average Bonchev–Trinajstić information content (AvgIpc) is 3.38. The smallest absolute Gasteiger partial charge is 0.185 e. The van der Waals surface area contributed by atoms with Crippen LogP contribution in [0.5, 0.6) is 5.75 Å². The van der Waals surface area contributed by atoms with Gasteiger partial charge in [-0.25, -0.2) is 0 Å². The fourth-order valence-corrected chi connectivity index (χ4v) is 4.77. The van der Waals surface area contributed by atoms with Gasteiger partial charge in [0.05, 0.1) is 6.61 Å². The minimum Gasteiger partial charge on any atom is -0.493 e. The van der Waals surface area contributed by atoms with Gasteiger partial charge in [-0.1, -0.05) is 88.8 Å². The lowest BCUT2D eigenvalue weighted by Crippen LogP contribution is -2.22. The van der Waals surface area contributed by atoms with E-state index in [9.17, 15) is 4.79 Å². The van der Waals surface area contributed by atoms with Gasteiger partial charge in [-0.15, -0.1) is 11.3 Å². The number of rotatable bonds is 8. The number of thiophene rings is 1. The first-order valence-electron chi connectivity index (χ1n) is 10.2. The Hall–Kier alpha value is -2.69. The summed E-state index contributed by atoms with van der Waals surface area (Å²) < 4.78 is 5.68. The second kappa shape index (κ2) is 10.1. The van der Waals surface area contributed by atoms with E-state index in [1.165, 1.54) is 16.0 Å². The van der Waals surface area contributed by atoms with Crippen molar-refractivity contribution in [1.82, 2.24) is 0 Å². The van der Waals surface area contributed by atoms with Gasteiger partial charge in [0.15, 0.2) is 5.78 Å². The summed E-state index contributed by atoms with van der Waals surface area (Å²) in [7, 11) is 0. The van der Waals surface area contributed by atoms with Gasteiger partial charge in [0.25, 0.3) is 0 Å². The summed E-state index contributed by atoms with van der Waals surface area (Å²) in [5.41, 5.74) is 2.77. The molecule has 1 heterocycles. The number of alkyl halides is 1. The van der Waals surface area contributed by atoms with Crippen molar-refractivity contribution in [3.8, 4) is 5.75 Å². The predicted octanol–water partition coefficient (Wildman–Crippen LogP) is 7.24. The van der Waals surface area contributed by atoms with Gasteiger partial charge in [0.2, 0.25) is 0 Å². The number of ketones is 1. The molecule has 1 aliphatic rings. The number of carbonyl (C=O) groups excluding carboxylic acids is 1. The van der Waals surface area contributed by atoms with Crippen LogP contribution in [0.15, 0.2) is 102 Å². The first-order chi connectivity index (χ1) is 15.2. The molecule has 0 saturated carbocycles. The van der Waals surface area contributed by atoms with Crippen LogP contribution in [-0.4, -0.2) is 17.7 Å². The van der Waals surface area contributed by atoms with Crippen LogP contribution >= 0.6 is 27.3 Å². The van der Waals surface area contributed by atoms with E-state index in [1.54, 1.807) is 17.4 Å². The summed E-state index contributed by atoms with van der Waals surface area (Å²) >= 11 is 5.10. The molecule has 0 bridgehead atoms. The zero-order valence-corrected chi connectivity index (χ0v) is 19.4. The Morgan fingerprint density at radius 3 is 2.58 bits per heavy atom. The van der Waals surface area contributed by atoms with Crippen molar-refractivity contribution in [1.29, 1.82) is 0 Å². The zero-order valence-electron chi connectivity index (χ0n) is 17.0. The van der Waals surface area contributed by atoms with Crippen molar-refractivity contribution in [2.75, 3.05) is 11.9 Å². The Morgan fingerprint density at radius 2 is 1.87 bits per heavy atom. The molecule has 0 aliphatic heterocycles. The van der Waals surface area contributed by atoms with Crippen molar-refractivity contribution in [2.45, 2.75) is 11.8 Å². The van der Waals surface area contributed by atoms with Gasteiger partial charge >= 0.3 is 0 Å². The van der Waals surface area contributed by atoms with Crippen LogP contribution in [-0.2, 0) is 5.41 Å². The average molecular weight is 491 g/mol. The van der Waals surface area contributed by atoms with Gasteiger partial charge in [-0.2, -0.15) is 0 Å². The fourth-order valence-electron chi connectivity index (χ4n) is 3.72.